The molecule has 1 fully saturated rings. The van der Waals surface area contributed by atoms with Crippen molar-refractivity contribution < 1.29 is 17.9 Å². The molecule has 0 saturated carbocycles. The summed E-state index contributed by atoms with van der Waals surface area (Å²) in [5.41, 5.74) is 2.36. The van der Waals surface area contributed by atoms with Gasteiger partial charge in [-0.05, 0) is 48.6 Å². The van der Waals surface area contributed by atoms with Gasteiger partial charge in [-0.15, -0.1) is 0 Å². The van der Waals surface area contributed by atoms with Gasteiger partial charge >= 0.3 is 0 Å². The van der Waals surface area contributed by atoms with E-state index in [-0.39, 0.29) is 28.2 Å². The number of carbonyl (C=O) groups is 1. The molecule has 0 aromatic heterocycles. The van der Waals surface area contributed by atoms with Gasteiger partial charge in [0, 0.05) is 18.7 Å². The van der Waals surface area contributed by atoms with E-state index in [1.54, 1.807) is 12.1 Å². The van der Waals surface area contributed by atoms with Crippen molar-refractivity contribution in [3.8, 4) is 5.75 Å². The molecule has 3 aromatic carbocycles. The van der Waals surface area contributed by atoms with E-state index in [0.29, 0.717) is 19.5 Å². The maximum atomic E-state index is 13.3. The Morgan fingerprint density at radius 3 is 2.24 bits per heavy atom. The Morgan fingerprint density at radius 1 is 0.970 bits per heavy atom. The molecule has 1 atom stereocenters. The molecule has 1 aliphatic heterocycles. The number of amides is 1. The van der Waals surface area contributed by atoms with Crippen LogP contribution in [0.4, 0.5) is 0 Å². The van der Waals surface area contributed by atoms with Crippen LogP contribution in [0.25, 0.3) is 0 Å². The van der Waals surface area contributed by atoms with Gasteiger partial charge in [-0.25, -0.2) is 8.42 Å². The zero-order valence-electron chi connectivity index (χ0n) is 18.6. The fraction of sp³-hybridized carbons (Fsp3) is 0.269. The predicted octanol–water partition coefficient (Wildman–Crippen LogP) is 4.19. The fourth-order valence-electron chi connectivity index (χ4n) is 4.12. The third-order valence-electron chi connectivity index (χ3n) is 5.90. The van der Waals surface area contributed by atoms with Crippen molar-refractivity contribution in [1.82, 2.24) is 9.62 Å². The lowest BCUT2D eigenvalue weighted by Gasteiger charge is -2.21. The third-order valence-corrected chi connectivity index (χ3v) is 7.82. The van der Waals surface area contributed by atoms with E-state index < -0.39 is 10.0 Å². The Morgan fingerprint density at radius 2 is 1.61 bits per heavy atom. The fourth-order valence-corrected chi connectivity index (χ4v) is 5.81. The number of nitrogens with one attached hydrogen (secondary N) is 1. The van der Waals surface area contributed by atoms with Crippen molar-refractivity contribution >= 4 is 15.9 Å². The number of hydrogen-bond donors (Lipinski definition) is 1. The Hall–Kier alpha value is -3.16. The van der Waals surface area contributed by atoms with E-state index in [0.717, 1.165) is 24.0 Å². The standard InChI is InChI=1S/C26H28N2O4S/c1-32-24-15-14-22(19-25(24)33(30,31)28-16-8-9-17-28)26(29)27-23(21-12-6-3-7-13-21)18-20-10-4-2-5-11-20/h2-7,10-15,19,23H,8-9,16-18H2,1H3,(H,27,29). The van der Waals surface area contributed by atoms with Crippen LogP contribution in [-0.4, -0.2) is 38.8 Å². The molecule has 1 amide bonds. The number of rotatable bonds is 8. The normalized spacial score (nSPS) is 15.2. The maximum Gasteiger partial charge on any atom is 0.251 e. The van der Waals surface area contributed by atoms with Crippen molar-refractivity contribution in [3.63, 3.8) is 0 Å². The van der Waals surface area contributed by atoms with Gasteiger partial charge in [0.25, 0.3) is 5.91 Å². The first-order chi connectivity index (χ1) is 16.0. The lowest BCUT2D eigenvalue weighted by atomic mass is 9.98. The van der Waals surface area contributed by atoms with Gasteiger partial charge in [0.05, 0.1) is 13.2 Å². The number of benzene rings is 3. The number of carbonyl (C=O) groups excluding carboxylic acids is 1. The lowest BCUT2D eigenvalue weighted by Crippen LogP contribution is -2.31. The number of nitrogens with zero attached hydrogens (tertiary/aromatic N) is 1. The van der Waals surface area contributed by atoms with Crippen LogP contribution >= 0.6 is 0 Å². The average Bonchev–Trinajstić information content (AvgIpc) is 3.40. The molecule has 33 heavy (non-hydrogen) atoms. The zero-order valence-corrected chi connectivity index (χ0v) is 19.4. The summed E-state index contributed by atoms with van der Waals surface area (Å²) in [6.07, 6.45) is 2.28. The molecule has 1 unspecified atom stereocenters. The van der Waals surface area contributed by atoms with Crippen molar-refractivity contribution in [3.05, 3.63) is 95.6 Å². The van der Waals surface area contributed by atoms with Gasteiger partial charge < -0.3 is 10.1 Å². The van der Waals surface area contributed by atoms with E-state index >= 15 is 0 Å². The highest BCUT2D eigenvalue weighted by Crippen LogP contribution is 2.30. The highest BCUT2D eigenvalue weighted by molar-refractivity contribution is 7.89. The second kappa shape index (κ2) is 10.2. The predicted molar refractivity (Wildman–Crippen MR) is 128 cm³/mol. The van der Waals surface area contributed by atoms with E-state index in [1.165, 1.54) is 17.5 Å². The summed E-state index contributed by atoms with van der Waals surface area (Å²) >= 11 is 0. The molecule has 7 heteroatoms. The zero-order chi connectivity index (χ0) is 23.3. The SMILES string of the molecule is COc1ccc(C(=O)NC(Cc2ccccc2)c2ccccc2)cc1S(=O)(=O)N1CCCC1. The minimum Gasteiger partial charge on any atom is -0.495 e. The minimum atomic E-state index is -3.74. The van der Waals surface area contributed by atoms with E-state index in [2.05, 4.69) is 5.32 Å². The molecule has 0 bridgehead atoms. The van der Waals surface area contributed by atoms with Crippen LogP contribution < -0.4 is 10.1 Å². The summed E-state index contributed by atoms with van der Waals surface area (Å²) in [5.74, 6) is -0.0948. The molecular weight excluding hydrogens is 436 g/mol. The quantitative estimate of drug-likeness (QED) is 0.542. The monoisotopic (exact) mass is 464 g/mol. The molecule has 172 valence electrons. The Kier molecular flexibility index (Phi) is 7.11. The molecule has 1 saturated heterocycles. The van der Waals surface area contributed by atoms with Crippen molar-refractivity contribution in [1.29, 1.82) is 0 Å². The van der Waals surface area contributed by atoms with Crippen LogP contribution in [0, 0.1) is 0 Å². The van der Waals surface area contributed by atoms with E-state index in [4.69, 9.17) is 4.74 Å². The number of ether oxygens (including phenoxy) is 1. The summed E-state index contributed by atoms with van der Waals surface area (Å²) < 4.78 is 33.1. The summed E-state index contributed by atoms with van der Waals surface area (Å²) in [5, 5.41) is 3.10. The lowest BCUT2D eigenvalue weighted by molar-refractivity contribution is 0.0936. The van der Waals surface area contributed by atoms with Gasteiger partial charge in [0.15, 0.2) is 0 Å². The van der Waals surface area contributed by atoms with Crippen LogP contribution in [0.2, 0.25) is 0 Å². The van der Waals surface area contributed by atoms with Crippen LogP contribution in [0.3, 0.4) is 0 Å². The highest BCUT2D eigenvalue weighted by atomic mass is 32.2. The first kappa shape index (κ1) is 23.0. The Labute approximate surface area is 195 Å². The Bertz CT molecular complexity index is 1190. The molecule has 0 radical (unpaired) electrons. The molecule has 0 spiro atoms. The van der Waals surface area contributed by atoms with Gasteiger partial charge in [-0.1, -0.05) is 60.7 Å². The number of hydrogen-bond acceptors (Lipinski definition) is 4. The molecule has 4 rings (SSSR count). The van der Waals surface area contributed by atoms with Gasteiger partial charge in [-0.2, -0.15) is 4.31 Å². The summed E-state index contributed by atoms with van der Waals surface area (Å²) in [6.45, 7) is 0.962. The summed E-state index contributed by atoms with van der Waals surface area (Å²) in [6, 6.07) is 24.0. The van der Waals surface area contributed by atoms with Crippen LogP contribution in [0.1, 0.15) is 40.4 Å². The second-order valence-corrected chi connectivity index (χ2v) is 10.0. The molecule has 1 heterocycles. The summed E-state index contributed by atoms with van der Waals surface area (Å²) in [4.78, 5) is 13.3. The molecule has 6 nitrogen and oxygen atoms in total. The van der Waals surface area contributed by atoms with Crippen molar-refractivity contribution in [2.45, 2.75) is 30.2 Å². The van der Waals surface area contributed by atoms with Crippen LogP contribution in [-0.2, 0) is 16.4 Å². The third kappa shape index (κ3) is 5.26. The molecule has 0 aliphatic carbocycles. The van der Waals surface area contributed by atoms with E-state index in [1.807, 2.05) is 60.7 Å². The largest absolute Gasteiger partial charge is 0.495 e. The Balaban J connectivity index is 1.63. The first-order valence-electron chi connectivity index (χ1n) is 11.1. The van der Waals surface area contributed by atoms with Crippen LogP contribution in [0.15, 0.2) is 83.8 Å². The summed E-state index contributed by atoms with van der Waals surface area (Å²) in [7, 11) is -2.30. The maximum absolute atomic E-state index is 13.3. The topological polar surface area (TPSA) is 75.7 Å². The minimum absolute atomic E-state index is 0.0267. The van der Waals surface area contributed by atoms with Gasteiger partial charge in [0.2, 0.25) is 10.0 Å². The van der Waals surface area contributed by atoms with Crippen molar-refractivity contribution in [2.24, 2.45) is 0 Å². The number of methoxy groups -OCH3 is 1. The molecule has 1 aliphatic rings. The van der Waals surface area contributed by atoms with Gasteiger partial charge in [0.1, 0.15) is 10.6 Å². The van der Waals surface area contributed by atoms with Crippen LogP contribution in [0.5, 0.6) is 5.75 Å². The van der Waals surface area contributed by atoms with E-state index in [9.17, 15) is 13.2 Å². The average molecular weight is 465 g/mol. The van der Waals surface area contributed by atoms with Gasteiger partial charge in [-0.3, -0.25) is 4.79 Å². The second-order valence-electron chi connectivity index (χ2n) is 8.10. The molecule has 1 N–H and O–H groups in total. The molecule has 3 aromatic rings. The molecular formula is C26H28N2O4S. The number of sulfonamides is 1. The van der Waals surface area contributed by atoms with Crippen molar-refractivity contribution in [2.75, 3.05) is 20.2 Å². The smallest absolute Gasteiger partial charge is 0.251 e. The highest BCUT2D eigenvalue weighted by Gasteiger charge is 2.31. The first-order valence-corrected chi connectivity index (χ1v) is 12.5.